The molecule has 0 aliphatic heterocycles. The van der Waals surface area contributed by atoms with Gasteiger partial charge >= 0.3 is 0 Å². The molecule has 3 rings (SSSR count). The average molecular weight is 548 g/mol. The number of sulfonamides is 1. The summed E-state index contributed by atoms with van der Waals surface area (Å²) in [6.45, 7) is 1.09. The summed E-state index contributed by atoms with van der Waals surface area (Å²) >= 11 is 0. The lowest BCUT2D eigenvalue weighted by molar-refractivity contribution is -0.140. The second kappa shape index (κ2) is 12.6. The van der Waals surface area contributed by atoms with Gasteiger partial charge in [0.25, 0.3) is 0 Å². The van der Waals surface area contributed by atoms with Crippen LogP contribution in [-0.4, -0.2) is 50.5 Å². The second-order valence-electron chi connectivity index (χ2n) is 8.62. The zero-order valence-corrected chi connectivity index (χ0v) is 21.7. The largest absolute Gasteiger partial charge is 0.355 e. The molecule has 7 nitrogen and oxygen atoms in total. The average Bonchev–Trinajstić information content (AvgIpc) is 2.87. The molecule has 3 aromatic carbocycles. The first kappa shape index (κ1) is 28.7. The van der Waals surface area contributed by atoms with E-state index in [2.05, 4.69) is 5.32 Å². The molecule has 0 spiro atoms. The molecule has 202 valence electrons. The smallest absolute Gasteiger partial charge is 0.244 e. The summed E-state index contributed by atoms with van der Waals surface area (Å²) in [5.74, 6) is -4.18. The summed E-state index contributed by atoms with van der Waals surface area (Å²) < 4.78 is 66.8. The predicted octanol–water partition coefficient (Wildman–Crippen LogP) is 3.65. The number of nitrogens with one attached hydrogen (secondary N) is 1. The standard InChI is InChI=1S/C27H28F3N3O4S/c1-3-31-27(35)25(15-19-7-5-4-6-8-19)32(17-20-9-11-21(28)12-10-20)26(34)18-33(38(2,36)37)22-13-14-23(29)24(30)16-22/h4-14,16,25H,3,15,17-18H2,1-2H3,(H,31,35). The third-order valence-corrected chi connectivity index (χ3v) is 6.90. The van der Waals surface area contributed by atoms with E-state index in [9.17, 15) is 31.2 Å². The summed E-state index contributed by atoms with van der Waals surface area (Å²) in [6.07, 6.45) is 0.945. The fourth-order valence-electron chi connectivity index (χ4n) is 3.89. The van der Waals surface area contributed by atoms with Gasteiger partial charge in [-0.3, -0.25) is 13.9 Å². The lowest BCUT2D eigenvalue weighted by Gasteiger charge is -2.33. The minimum atomic E-state index is -4.12. The molecule has 0 aliphatic carbocycles. The maximum atomic E-state index is 13.9. The lowest BCUT2D eigenvalue weighted by Crippen LogP contribution is -2.53. The first-order valence-electron chi connectivity index (χ1n) is 11.8. The topological polar surface area (TPSA) is 86.8 Å². The maximum Gasteiger partial charge on any atom is 0.244 e. The maximum absolute atomic E-state index is 13.9. The zero-order valence-electron chi connectivity index (χ0n) is 20.9. The highest BCUT2D eigenvalue weighted by atomic mass is 32.2. The van der Waals surface area contributed by atoms with Crippen LogP contribution in [0, 0.1) is 17.5 Å². The fraction of sp³-hybridized carbons (Fsp3) is 0.259. The van der Waals surface area contributed by atoms with E-state index >= 15 is 0 Å². The zero-order chi connectivity index (χ0) is 27.9. The van der Waals surface area contributed by atoms with Gasteiger partial charge in [-0.2, -0.15) is 0 Å². The number of likely N-dealkylation sites (N-methyl/N-ethyl adjacent to an activating group) is 1. The van der Waals surface area contributed by atoms with Crippen LogP contribution in [0.15, 0.2) is 72.8 Å². The molecule has 0 saturated heterocycles. The molecule has 1 unspecified atom stereocenters. The highest BCUT2D eigenvalue weighted by molar-refractivity contribution is 7.92. The van der Waals surface area contributed by atoms with E-state index in [-0.39, 0.29) is 25.2 Å². The number of halogens is 3. The van der Waals surface area contributed by atoms with Crippen molar-refractivity contribution < 1.29 is 31.2 Å². The van der Waals surface area contributed by atoms with Crippen LogP contribution in [0.2, 0.25) is 0 Å². The minimum absolute atomic E-state index is 0.115. The third kappa shape index (κ3) is 7.58. The lowest BCUT2D eigenvalue weighted by atomic mass is 10.0. The van der Waals surface area contributed by atoms with Gasteiger partial charge in [-0.05, 0) is 42.3 Å². The van der Waals surface area contributed by atoms with E-state index in [0.29, 0.717) is 15.9 Å². The molecular formula is C27H28F3N3O4S. The number of carbonyl (C=O) groups excluding carboxylic acids is 2. The molecule has 0 saturated carbocycles. The van der Waals surface area contributed by atoms with Gasteiger partial charge in [-0.15, -0.1) is 0 Å². The van der Waals surface area contributed by atoms with Gasteiger partial charge in [-0.25, -0.2) is 21.6 Å². The summed E-state index contributed by atoms with van der Waals surface area (Å²) in [7, 11) is -4.12. The number of anilines is 1. The van der Waals surface area contributed by atoms with Gasteiger partial charge in [0.05, 0.1) is 11.9 Å². The molecule has 3 aromatic rings. The van der Waals surface area contributed by atoms with Crippen LogP contribution < -0.4 is 9.62 Å². The quantitative estimate of drug-likeness (QED) is 0.397. The Labute approximate surface area is 219 Å². The number of hydrogen-bond donors (Lipinski definition) is 1. The summed E-state index contributed by atoms with van der Waals surface area (Å²) in [5.41, 5.74) is 1.00. The third-order valence-electron chi connectivity index (χ3n) is 5.76. The van der Waals surface area contributed by atoms with Crippen molar-refractivity contribution in [3.8, 4) is 0 Å². The molecule has 0 fully saturated rings. The molecule has 2 amide bonds. The van der Waals surface area contributed by atoms with E-state index in [1.165, 1.54) is 29.2 Å². The number of nitrogens with zero attached hydrogens (tertiary/aromatic N) is 2. The van der Waals surface area contributed by atoms with Crippen LogP contribution in [0.5, 0.6) is 0 Å². The molecule has 1 N–H and O–H groups in total. The number of carbonyl (C=O) groups is 2. The molecule has 0 aromatic heterocycles. The van der Waals surface area contributed by atoms with Crippen molar-refractivity contribution in [2.45, 2.75) is 25.9 Å². The Balaban J connectivity index is 2.04. The van der Waals surface area contributed by atoms with Crippen molar-refractivity contribution in [3.05, 3.63) is 101 Å². The molecule has 0 aliphatic rings. The first-order valence-corrected chi connectivity index (χ1v) is 13.6. The molecule has 0 bridgehead atoms. The van der Waals surface area contributed by atoms with Gasteiger partial charge in [0, 0.05) is 25.6 Å². The minimum Gasteiger partial charge on any atom is -0.355 e. The van der Waals surface area contributed by atoms with Gasteiger partial charge < -0.3 is 10.2 Å². The molecule has 0 heterocycles. The number of benzene rings is 3. The van der Waals surface area contributed by atoms with E-state index in [1.807, 2.05) is 0 Å². The van der Waals surface area contributed by atoms with E-state index < -0.39 is 51.9 Å². The molecular weight excluding hydrogens is 519 g/mol. The van der Waals surface area contributed by atoms with Crippen molar-refractivity contribution in [3.63, 3.8) is 0 Å². The molecule has 0 radical (unpaired) electrons. The van der Waals surface area contributed by atoms with Crippen LogP contribution in [-0.2, 0) is 32.6 Å². The van der Waals surface area contributed by atoms with E-state index in [4.69, 9.17) is 0 Å². The van der Waals surface area contributed by atoms with Crippen molar-refractivity contribution in [2.24, 2.45) is 0 Å². The predicted molar refractivity (Wildman–Crippen MR) is 138 cm³/mol. The monoisotopic (exact) mass is 547 g/mol. The van der Waals surface area contributed by atoms with Crippen molar-refractivity contribution in [2.75, 3.05) is 23.7 Å². The highest BCUT2D eigenvalue weighted by Gasteiger charge is 2.33. The number of rotatable bonds is 11. The van der Waals surface area contributed by atoms with Crippen LogP contribution in [0.1, 0.15) is 18.1 Å². The van der Waals surface area contributed by atoms with Gasteiger partial charge in [-0.1, -0.05) is 42.5 Å². The molecule has 1 atom stereocenters. The van der Waals surface area contributed by atoms with Crippen LogP contribution in [0.25, 0.3) is 0 Å². The number of amides is 2. The molecule has 11 heteroatoms. The second-order valence-corrected chi connectivity index (χ2v) is 10.5. The van der Waals surface area contributed by atoms with Crippen molar-refractivity contribution in [1.29, 1.82) is 0 Å². The summed E-state index contributed by atoms with van der Waals surface area (Å²) in [4.78, 5) is 28.1. The Morgan fingerprint density at radius 3 is 2.13 bits per heavy atom. The van der Waals surface area contributed by atoms with Gasteiger partial charge in [0.15, 0.2) is 11.6 Å². The highest BCUT2D eigenvalue weighted by Crippen LogP contribution is 2.22. The first-order chi connectivity index (χ1) is 18.0. The Hall–Kier alpha value is -3.86. The summed E-state index contributed by atoms with van der Waals surface area (Å²) in [6, 6.07) is 15.7. The van der Waals surface area contributed by atoms with Gasteiger partial charge in [0.2, 0.25) is 21.8 Å². The van der Waals surface area contributed by atoms with Crippen LogP contribution >= 0.6 is 0 Å². The Bertz CT molecular complexity index is 1370. The Morgan fingerprint density at radius 2 is 1.55 bits per heavy atom. The molecule has 38 heavy (non-hydrogen) atoms. The normalized spacial score (nSPS) is 12.0. The Kier molecular flexibility index (Phi) is 9.51. The van der Waals surface area contributed by atoms with E-state index in [0.717, 1.165) is 24.0 Å². The fourth-order valence-corrected chi connectivity index (χ4v) is 4.73. The number of hydrogen-bond acceptors (Lipinski definition) is 4. The van der Waals surface area contributed by atoms with E-state index in [1.54, 1.807) is 37.3 Å². The van der Waals surface area contributed by atoms with Crippen molar-refractivity contribution >= 4 is 27.5 Å². The van der Waals surface area contributed by atoms with Crippen LogP contribution in [0.3, 0.4) is 0 Å². The van der Waals surface area contributed by atoms with Gasteiger partial charge in [0.1, 0.15) is 18.4 Å². The SMILES string of the molecule is CCNC(=O)C(Cc1ccccc1)N(Cc1ccc(F)cc1)C(=O)CN(c1ccc(F)c(F)c1)S(C)(=O)=O. The summed E-state index contributed by atoms with van der Waals surface area (Å²) in [5, 5.41) is 2.71. The Morgan fingerprint density at radius 1 is 0.895 bits per heavy atom. The van der Waals surface area contributed by atoms with Crippen LogP contribution in [0.4, 0.5) is 18.9 Å². The van der Waals surface area contributed by atoms with Crippen molar-refractivity contribution in [1.82, 2.24) is 10.2 Å².